The quantitative estimate of drug-likeness (QED) is 0.753. The number of carbonyl (C=O) groups is 1. The summed E-state index contributed by atoms with van der Waals surface area (Å²) in [4.78, 5) is 18.9. The highest BCUT2D eigenvalue weighted by Gasteiger charge is 2.24. The number of hydrogen-bond acceptors (Lipinski definition) is 3. The van der Waals surface area contributed by atoms with Crippen molar-refractivity contribution in [3.63, 3.8) is 0 Å². The van der Waals surface area contributed by atoms with E-state index >= 15 is 0 Å². The highest BCUT2D eigenvalue weighted by atomic mass is 19.1. The van der Waals surface area contributed by atoms with Gasteiger partial charge in [0.05, 0.1) is 5.69 Å². The molecule has 5 nitrogen and oxygen atoms in total. The lowest BCUT2D eigenvalue weighted by Crippen LogP contribution is -2.54. The second-order valence-corrected chi connectivity index (χ2v) is 7.62. The van der Waals surface area contributed by atoms with Gasteiger partial charge in [-0.15, -0.1) is 0 Å². The molecule has 0 aromatic heterocycles. The maximum absolute atomic E-state index is 13.9. The monoisotopic (exact) mass is 378 g/mol. The molecule has 1 aromatic carbocycles. The summed E-state index contributed by atoms with van der Waals surface area (Å²) in [6.45, 7) is 14.0. The van der Waals surface area contributed by atoms with Crippen LogP contribution in [0.4, 0.5) is 14.9 Å². The number of hydrogen-bond donors (Lipinski definition) is 1. The highest BCUT2D eigenvalue weighted by molar-refractivity contribution is 5.74. The molecule has 6 heteroatoms. The summed E-state index contributed by atoms with van der Waals surface area (Å²) in [6, 6.07) is 7.18. The summed E-state index contributed by atoms with van der Waals surface area (Å²) < 4.78 is 13.9. The van der Waals surface area contributed by atoms with Gasteiger partial charge < -0.3 is 15.1 Å². The maximum atomic E-state index is 13.9. The number of likely N-dealkylation sites (N-methyl/N-ethyl adjacent to an activating group) is 1. The largest absolute Gasteiger partial charge is 0.366 e. The zero-order valence-electron chi connectivity index (χ0n) is 17.2. The molecule has 1 aliphatic heterocycles. The molecule has 1 N–H and O–H groups in total. The SMILES string of the molecule is CCN(CC)C(CNC(=O)N1CCN(c2ccccc2F)CC1)CC(C)C. The van der Waals surface area contributed by atoms with Gasteiger partial charge in [0.15, 0.2) is 0 Å². The summed E-state index contributed by atoms with van der Waals surface area (Å²) in [7, 11) is 0. The van der Waals surface area contributed by atoms with Gasteiger partial charge in [-0.3, -0.25) is 4.90 Å². The molecule has 0 spiro atoms. The lowest BCUT2D eigenvalue weighted by atomic mass is 10.0. The Hall–Kier alpha value is -1.82. The molecule has 0 aliphatic carbocycles. The van der Waals surface area contributed by atoms with Gasteiger partial charge in [0, 0.05) is 38.8 Å². The van der Waals surface area contributed by atoms with Crippen LogP contribution in [-0.2, 0) is 0 Å². The third-order valence-corrected chi connectivity index (χ3v) is 5.32. The van der Waals surface area contributed by atoms with Gasteiger partial charge in [-0.1, -0.05) is 39.8 Å². The Morgan fingerprint density at radius 2 is 1.78 bits per heavy atom. The molecule has 0 bridgehead atoms. The molecule has 152 valence electrons. The molecule has 0 saturated carbocycles. The molecule has 27 heavy (non-hydrogen) atoms. The normalized spacial score (nSPS) is 16.1. The molecule has 1 heterocycles. The van der Waals surface area contributed by atoms with Crippen molar-refractivity contribution in [2.45, 2.75) is 40.2 Å². The van der Waals surface area contributed by atoms with E-state index in [-0.39, 0.29) is 11.8 Å². The Balaban J connectivity index is 1.85. The number of anilines is 1. The second-order valence-electron chi connectivity index (χ2n) is 7.62. The first-order valence-corrected chi connectivity index (χ1v) is 10.2. The van der Waals surface area contributed by atoms with Crippen molar-refractivity contribution in [3.05, 3.63) is 30.1 Å². The van der Waals surface area contributed by atoms with E-state index in [9.17, 15) is 9.18 Å². The van der Waals surface area contributed by atoms with Crippen LogP contribution in [-0.4, -0.2) is 67.7 Å². The van der Waals surface area contributed by atoms with Crippen molar-refractivity contribution in [3.8, 4) is 0 Å². The van der Waals surface area contributed by atoms with E-state index in [0.29, 0.717) is 50.4 Å². The standard InChI is InChI=1S/C21H35FN4O/c1-5-24(6-2)18(15-17(3)4)16-23-21(27)26-13-11-25(12-14-26)20-10-8-7-9-19(20)22/h7-10,17-18H,5-6,11-16H2,1-4H3,(H,23,27). The van der Waals surface area contributed by atoms with Crippen LogP contribution in [0.15, 0.2) is 24.3 Å². The summed E-state index contributed by atoms with van der Waals surface area (Å²) in [5.74, 6) is 0.392. The van der Waals surface area contributed by atoms with E-state index in [0.717, 1.165) is 19.5 Å². The number of amides is 2. The Morgan fingerprint density at radius 1 is 1.15 bits per heavy atom. The van der Waals surface area contributed by atoms with Crippen LogP contribution in [0.25, 0.3) is 0 Å². The number of para-hydroxylation sites is 1. The minimum absolute atomic E-state index is 0.0101. The van der Waals surface area contributed by atoms with E-state index in [1.54, 1.807) is 12.1 Å². The molecule has 1 unspecified atom stereocenters. The molecule has 1 aromatic rings. The lowest BCUT2D eigenvalue weighted by molar-refractivity contribution is 0.169. The smallest absolute Gasteiger partial charge is 0.317 e. The van der Waals surface area contributed by atoms with Crippen molar-refractivity contribution < 1.29 is 9.18 Å². The first-order valence-electron chi connectivity index (χ1n) is 10.2. The second kappa shape index (κ2) is 10.5. The molecule has 1 fully saturated rings. The van der Waals surface area contributed by atoms with E-state index in [1.807, 2.05) is 15.9 Å². The van der Waals surface area contributed by atoms with E-state index in [4.69, 9.17) is 0 Å². The predicted octanol–water partition coefficient (Wildman–Crippen LogP) is 3.41. The van der Waals surface area contributed by atoms with Crippen molar-refractivity contribution in [1.82, 2.24) is 15.1 Å². The van der Waals surface area contributed by atoms with Crippen molar-refractivity contribution >= 4 is 11.7 Å². The zero-order valence-corrected chi connectivity index (χ0v) is 17.2. The van der Waals surface area contributed by atoms with Crippen LogP contribution in [0.2, 0.25) is 0 Å². The van der Waals surface area contributed by atoms with Crippen LogP contribution in [0, 0.1) is 11.7 Å². The van der Waals surface area contributed by atoms with Crippen molar-refractivity contribution in [2.24, 2.45) is 5.92 Å². The fraction of sp³-hybridized carbons (Fsp3) is 0.667. The molecule has 2 rings (SSSR count). The van der Waals surface area contributed by atoms with Gasteiger partial charge >= 0.3 is 6.03 Å². The van der Waals surface area contributed by atoms with E-state index < -0.39 is 0 Å². The maximum Gasteiger partial charge on any atom is 0.317 e. The number of benzene rings is 1. The minimum Gasteiger partial charge on any atom is -0.366 e. The Bertz CT molecular complexity index is 583. The lowest BCUT2D eigenvalue weighted by Gasteiger charge is -2.37. The van der Waals surface area contributed by atoms with Gasteiger partial charge in [0.2, 0.25) is 0 Å². The van der Waals surface area contributed by atoms with Crippen molar-refractivity contribution in [2.75, 3.05) is 50.7 Å². The molecular weight excluding hydrogens is 343 g/mol. The predicted molar refractivity (Wildman–Crippen MR) is 110 cm³/mol. The summed E-state index contributed by atoms with van der Waals surface area (Å²) in [6.07, 6.45) is 1.07. The molecule has 2 amide bonds. The first kappa shape index (κ1) is 21.5. The third-order valence-electron chi connectivity index (χ3n) is 5.32. The molecule has 1 aliphatic rings. The fourth-order valence-electron chi connectivity index (χ4n) is 3.82. The zero-order chi connectivity index (χ0) is 19.8. The van der Waals surface area contributed by atoms with Crippen LogP contribution in [0.5, 0.6) is 0 Å². The number of halogens is 1. The number of piperazine rings is 1. The summed E-state index contributed by atoms with van der Waals surface area (Å²) in [5.41, 5.74) is 0.621. The summed E-state index contributed by atoms with van der Waals surface area (Å²) >= 11 is 0. The average molecular weight is 379 g/mol. The molecular formula is C21H35FN4O. The van der Waals surface area contributed by atoms with E-state index in [2.05, 4.69) is 37.9 Å². The highest BCUT2D eigenvalue weighted by Crippen LogP contribution is 2.20. The molecule has 1 saturated heterocycles. The Labute approximate surface area is 163 Å². The Kier molecular flexibility index (Phi) is 8.35. The van der Waals surface area contributed by atoms with Gasteiger partial charge in [-0.2, -0.15) is 0 Å². The summed E-state index contributed by atoms with van der Waals surface area (Å²) in [5, 5.41) is 3.13. The van der Waals surface area contributed by atoms with E-state index in [1.165, 1.54) is 6.07 Å². The fourth-order valence-corrected chi connectivity index (χ4v) is 3.82. The molecule has 1 atom stereocenters. The molecule has 0 radical (unpaired) electrons. The van der Waals surface area contributed by atoms with Crippen LogP contribution in [0.3, 0.4) is 0 Å². The van der Waals surface area contributed by atoms with Gasteiger partial charge in [0.25, 0.3) is 0 Å². The van der Waals surface area contributed by atoms with Crippen LogP contribution >= 0.6 is 0 Å². The third kappa shape index (κ3) is 6.09. The Morgan fingerprint density at radius 3 is 2.33 bits per heavy atom. The van der Waals surface area contributed by atoms with Gasteiger partial charge in [0.1, 0.15) is 5.82 Å². The van der Waals surface area contributed by atoms with Gasteiger partial charge in [-0.25, -0.2) is 9.18 Å². The number of urea groups is 1. The van der Waals surface area contributed by atoms with Crippen LogP contribution < -0.4 is 10.2 Å². The van der Waals surface area contributed by atoms with Gasteiger partial charge in [-0.05, 0) is 37.6 Å². The topological polar surface area (TPSA) is 38.8 Å². The number of nitrogens with zero attached hydrogens (tertiary/aromatic N) is 3. The van der Waals surface area contributed by atoms with Crippen molar-refractivity contribution in [1.29, 1.82) is 0 Å². The number of nitrogens with one attached hydrogen (secondary N) is 1. The first-order chi connectivity index (χ1) is 13.0. The number of carbonyl (C=O) groups excluding carboxylic acids is 1. The average Bonchev–Trinajstić information content (AvgIpc) is 2.67. The van der Waals surface area contributed by atoms with Crippen LogP contribution in [0.1, 0.15) is 34.1 Å². The minimum atomic E-state index is -0.203. The number of rotatable bonds is 8.